The molecule has 21 heavy (non-hydrogen) atoms. The van der Waals surface area contributed by atoms with Crippen LogP contribution in [0.25, 0.3) is 0 Å². The quantitative estimate of drug-likeness (QED) is 0.559. The Bertz CT molecular complexity index is 375. The van der Waals surface area contributed by atoms with Crippen molar-refractivity contribution in [3.63, 3.8) is 0 Å². The van der Waals surface area contributed by atoms with Crippen LogP contribution in [0.15, 0.2) is 24.3 Å². The molecule has 1 heteroatoms. The Kier molecular flexibility index (Phi) is 8.68. The molecule has 1 nitrogen and oxygen atoms in total. The number of nitrogens with two attached hydrogens (primary N) is 1. The summed E-state index contributed by atoms with van der Waals surface area (Å²) in [6.07, 6.45) is 12.1. The van der Waals surface area contributed by atoms with E-state index in [0.29, 0.717) is 0 Å². The lowest BCUT2D eigenvalue weighted by Crippen LogP contribution is -2.42. The first-order valence-electron chi connectivity index (χ1n) is 9.01. The fourth-order valence-corrected chi connectivity index (χ4v) is 3.08. The van der Waals surface area contributed by atoms with Crippen molar-refractivity contribution in [3.05, 3.63) is 35.4 Å². The zero-order valence-electron chi connectivity index (χ0n) is 14.5. The summed E-state index contributed by atoms with van der Waals surface area (Å²) in [5, 5.41) is 0. The van der Waals surface area contributed by atoms with Gasteiger partial charge >= 0.3 is 0 Å². The molecule has 0 fully saturated rings. The Morgan fingerprint density at radius 2 is 1.33 bits per heavy atom. The summed E-state index contributed by atoms with van der Waals surface area (Å²) in [4.78, 5) is 0. The molecule has 0 atom stereocenters. The maximum atomic E-state index is 6.80. The third-order valence-corrected chi connectivity index (χ3v) is 4.52. The number of hydrogen-bond donors (Lipinski definition) is 1. The molecule has 0 amide bonds. The number of rotatable bonds is 11. The Balaban J connectivity index is 2.81. The topological polar surface area (TPSA) is 26.0 Å². The van der Waals surface area contributed by atoms with Gasteiger partial charge in [-0.1, -0.05) is 77.1 Å². The number of hydrogen-bond acceptors (Lipinski definition) is 1. The lowest BCUT2D eigenvalue weighted by molar-refractivity contribution is 0.340. The molecule has 0 unspecified atom stereocenters. The minimum Gasteiger partial charge on any atom is -0.325 e. The molecule has 0 aliphatic carbocycles. The maximum Gasteiger partial charge on any atom is 0.0195 e. The molecule has 2 N–H and O–H groups in total. The zero-order valence-corrected chi connectivity index (χ0v) is 14.5. The SMILES string of the molecule is CCCCc1ccccc1CC(N)(CCCC)CCCC. The van der Waals surface area contributed by atoms with Gasteiger partial charge in [-0.05, 0) is 43.2 Å². The van der Waals surface area contributed by atoms with Crippen LogP contribution in [-0.4, -0.2) is 5.54 Å². The summed E-state index contributed by atoms with van der Waals surface area (Å²) in [7, 11) is 0. The Hall–Kier alpha value is -0.820. The van der Waals surface area contributed by atoms with Gasteiger partial charge in [0.15, 0.2) is 0 Å². The van der Waals surface area contributed by atoms with Gasteiger partial charge in [-0.15, -0.1) is 0 Å². The second-order valence-corrected chi connectivity index (χ2v) is 6.62. The van der Waals surface area contributed by atoms with Crippen LogP contribution < -0.4 is 5.73 Å². The molecule has 0 heterocycles. The van der Waals surface area contributed by atoms with Crippen LogP contribution in [0.2, 0.25) is 0 Å². The maximum absolute atomic E-state index is 6.80. The third kappa shape index (κ3) is 6.65. The highest BCUT2D eigenvalue weighted by molar-refractivity contribution is 5.29. The minimum atomic E-state index is -0.00562. The van der Waals surface area contributed by atoms with Crippen LogP contribution >= 0.6 is 0 Å². The summed E-state index contributed by atoms with van der Waals surface area (Å²) >= 11 is 0. The van der Waals surface area contributed by atoms with Gasteiger partial charge in [-0.3, -0.25) is 0 Å². The van der Waals surface area contributed by atoms with Crippen LogP contribution in [-0.2, 0) is 12.8 Å². The number of benzene rings is 1. The lowest BCUT2D eigenvalue weighted by atomic mass is 9.81. The van der Waals surface area contributed by atoms with Gasteiger partial charge < -0.3 is 5.73 Å². The van der Waals surface area contributed by atoms with Gasteiger partial charge in [0.2, 0.25) is 0 Å². The summed E-state index contributed by atoms with van der Waals surface area (Å²) in [6, 6.07) is 8.94. The molecule has 1 aromatic rings. The first-order chi connectivity index (χ1) is 10.1. The molecule has 0 aromatic heterocycles. The van der Waals surface area contributed by atoms with E-state index >= 15 is 0 Å². The molecule has 0 saturated carbocycles. The van der Waals surface area contributed by atoms with Gasteiger partial charge in [-0.25, -0.2) is 0 Å². The molecule has 0 spiro atoms. The summed E-state index contributed by atoms with van der Waals surface area (Å²) < 4.78 is 0. The molecule has 0 aliphatic heterocycles. The number of aryl methyl sites for hydroxylation is 1. The molecule has 0 radical (unpaired) electrons. The summed E-state index contributed by atoms with van der Waals surface area (Å²) in [5.74, 6) is 0. The average Bonchev–Trinajstić information content (AvgIpc) is 2.50. The predicted octanol–water partition coefficient (Wildman–Crippen LogP) is 5.65. The standard InChI is InChI=1S/C20H35N/c1-4-7-12-18-13-10-11-14-19(18)17-20(21,15-8-5-2)16-9-6-3/h10-11,13-14H,4-9,12,15-17,21H2,1-3H3. The van der Waals surface area contributed by atoms with E-state index < -0.39 is 0 Å². The molecular weight excluding hydrogens is 254 g/mol. The van der Waals surface area contributed by atoms with Crippen molar-refractivity contribution < 1.29 is 0 Å². The largest absolute Gasteiger partial charge is 0.325 e. The zero-order chi connectivity index (χ0) is 15.6. The molecule has 1 rings (SSSR count). The summed E-state index contributed by atoms with van der Waals surface area (Å²) in [6.45, 7) is 6.78. The van der Waals surface area contributed by atoms with Crippen molar-refractivity contribution in [1.29, 1.82) is 0 Å². The molecule has 0 bridgehead atoms. The second-order valence-electron chi connectivity index (χ2n) is 6.62. The van der Waals surface area contributed by atoms with Gasteiger partial charge in [0.25, 0.3) is 0 Å². The van der Waals surface area contributed by atoms with Crippen molar-refractivity contribution in [1.82, 2.24) is 0 Å². The Labute approximate surface area is 132 Å². The fourth-order valence-electron chi connectivity index (χ4n) is 3.08. The average molecular weight is 290 g/mol. The van der Waals surface area contributed by atoms with Crippen LogP contribution in [0.1, 0.15) is 83.3 Å². The van der Waals surface area contributed by atoms with Crippen molar-refractivity contribution in [3.8, 4) is 0 Å². The van der Waals surface area contributed by atoms with Gasteiger partial charge in [0, 0.05) is 5.54 Å². The fraction of sp³-hybridized carbons (Fsp3) is 0.700. The van der Waals surface area contributed by atoms with E-state index in [1.807, 2.05) is 0 Å². The van der Waals surface area contributed by atoms with Gasteiger partial charge in [0.1, 0.15) is 0 Å². The molecule has 0 aliphatic rings. The highest BCUT2D eigenvalue weighted by Crippen LogP contribution is 2.26. The van der Waals surface area contributed by atoms with E-state index in [4.69, 9.17) is 5.73 Å². The van der Waals surface area contributed by atoms with Gasteiger partial charge in [-0.2, -0.15) is 0 Å². The van der Waals surface area contributed by atoms with Crippen LogP contribution in [0.5, 0.6) is 0 Å². The van der Waals surface area contributed by atoms with Gasteiger partial charge in [0.05, 0.1) is 0 Å². The van der Waals surface area contributed by atoms with Crippen molar-refractivity contribution in [2.75, 3.05) is 0 Å². The third-order valence-electron chi connectivity index (χ3n) is 4.52. The number of unbranched alkanes of at least 4 members (excludes halogenated alkanes) is 3. The van der Waals surface area contributed by atoms with E-state index in [9.17, 15) is 0 Å². The monoisotopic (exact) mass is 289 g/mol. The first kappa shape index (κ1) is 18.2. The smallest absolute Gasteiger partial charge is 0.0195 e. The van der Waals surface area contributed by atoms with Crippen LogP contribution in [0.4, 0.5) is 0 Å². The first-order valence-corrected chi connectivity index (χ1v) is 9.01. The lowest BCUT2D eigenvalue weighted by Gasteiger charge is -2.31. The highest BCUT2D eigenvalue weighted by atomic mass is 14.7. The van der Waals surface area contributed by atoms with E-state index in [1.165, 1.54) is 56.1 Å². The summed E-state index contributed by atoms with van der Waals surface area (Å²) in [5.41, 5.74) is 9.80. The normalized spacial score (nSPS) is 11.8. The van der Waals surface area contributed by atoms with E-state index in [-0.39, 0.29) is 5.54 Å². The Morgan fingerprint density at radius 3 is 1.86 bits per heavy atom. The van der Waals surface area contributed by atoms with E-state index in [1.54, 1.807) is 0 Å². The molecule has 1 aromatic carbocycles. The molecule has 120 valence electrons. The molecule has 0 saturated heterocycles. The second kappa shape index (κ2) is 10.00. The Morgan fingerprint density at radius 1 is 0.810 bits per heavy atom. The highest BCUT2D eigenvalue weighted by Gasteiger charge is 2.25. The predicted molar refractivity (Wildman–Crippen MR) is 94.7 cm³/mol. The van der Waals surface area contributed by atoms with E-state index in [0.717, 1.165) is 19.3 Å². The minimum absolute atomic E-state index is 0.00562. The molecular formula is C20H35N. The van der Waals surface area contributed by atoms with Crippen molar-refractivity contribution in [2.24, 2.45) is 5.73 Å². The van der Waals surface area contributed by atoms with E-state index in [2.05, 4.69) is 45.0 Å². The van der Waals surface area contributed by atoms with Crippen molar-refractivity contribution >= 4 is 0 Å². The van der Waals surface area contributed by atoms with Crippen molar-refractivity contribution in [2.45, 2.75) is 90.5 Å². The van der Waals surface area contributed by atoms with Crippen LogP contribution in [0.3, 0.4) is 0 Å². The van der Waals surface area contributed by atoms with Crippen LogP contribution in [0, 0.1) is 0 Å².